The number of carbonyl (C=O) groups is 1. The molecule has 116 valence electrons. The molecule has 0 heterocycles. The molecule has 0 spiro atoms. The number of nitrogens with zero attached hydrogens (tertiary/aromatic N) is 1. The van der Waals surface area contributed by atoms with Crippen LogP contribution >= 0.6 is 0 Å². The molecular weight excluding hydrogens is 260 g/mol. The lowest BCUT2D eigenvalue weighted by Crippen LogP contribution is -2.17. The molecule has 0 saturated heterocycles. The number of hydrogen-bond acceptors (Lipinski definition) is 2. The van der Waals surface area contributed by atoms with Crippen molar-refractivity contribution in [3.63, 3.8) is 0 Å². The number of nitrogens with one attached hydrogen (secondary N) is 1. The van der Waals surface area contributed by atoms with Gasteiger partial charge < -0.3 is 0 Å². The van der Waals surface area contributed by atoms with Gasteiger partial charge in [0.25, 0.3) is 0 Å². The van der Waals surface area contributed by atoms with Crippen molar-refractivity contribution in [3.05, 3.63) is 34.4 Å². The van der Waals surface area contributed by atoms with E-state index in [1.807, 2.05) is 0 Å². The molecule has 1 rings (SSSR count). The predicted molar refractivity (Wildman–Crippen MR) is 89.8 cm³/mol. The Morgan fingerprint density at radius 2 is 1.71 bits per heavy atom. The van der Waals surface area contributed by atoms with Gasteiger partial charge in [-0.15, -0.1) is 0 Å². The normalized spacial score (nSPS) is 11.0. The van der Waals surface area contributed by atoms with Gasteiger partial charge in [-0.3, -0.25) is 4.79 Å². The van der Waals surface area contributed by atoms with Gasteiger partial charge in [0.05, 0.1) is 6.21 Å². The van der Waals surface area contributed by atoms with Crippen LogP contribution in [0.2, 0.25) is 0 Å². The zero-order valence-corrected chi connectivity index (χ0v) is 13.8. The van der Waals surface area contributed by atoms with Gasteiger partial charge in [0.2, 0.25) is 5.91 Å². The molecular formula is C18H28N2O. The van der Waals surface area contributed by atoms with Crippen molar-refractivity contribution in [2.24, 2.45) is 5.10 Å². The first-order valence-corrected chi connectivity index (χ1v) is 7.94. The second kappa shape index (κ2) is 9.32. The zero-order chi connectivity index (χ0) is 15.7. The standard InChI is InChI=1S/C18H28N2O/c1-5-6-7-8-9-10-18(21)20-19-13-17-15(3)11-14(2)12-16(17)4/h11-13H,5-10H2,1-4H3,(H,20,21)/b19-13-. The smallest absolute Gasteiger partial charge is 0.240 e. The fourth-order valence-electron chi connectivity index (χ4n) is 2.51. The molecule has 0 saturated carbocycles. The van der Waals surface area contributed by atoms with Crippen LogP contribution in [0, 0.1) is 20.8 Å². The summed E-state index contributed by atoms with van der Waals surface area (Å²) < 4.78 is 0. The summed E-state index contributed by atoms with van der Waals surface area (Å²) in [5, 5.41) is 4.08. The van der Waals surface area contributed by atoms with Crippen LogP contribution in [0.25, 0.3) is 0 Å². The molecule has 1 aromatic carbocycles. The van der Waals surface area contributed by atoms with E-state index in [1.165, 1.54) is 36.0 Å². The number of amides is 1. The van der Waals surface area contributed by atoms with Crippen LogP contribution in [-0.4, -0.2) is 12.1 Å². The van der Waals surface area contributed by atoms with Gasteiger partial charge >= 0.3 is 0 Å². The van der Waals surface area contributed by atoms with E-state index in [9.17, 15) is 4.79 Å². The molecule has 0 unspecified atom stereocenters. The molecule has 3 heteroatoms. The number of rotatable bonds is 8. The molecule has 0 aliphatic rings. The minimum absolute atomic E-state index is 0.00478. The topological polar surface area (TPSA) is 41.5 Å². The molecule has 0 aliphatic heterocycles. The lowest BCUT2D eigenvalue weighted by atomic mass is 10.0. The van der Waals surface area contributed by atoms with E-state index >= 15 is 0 Å². The van der Waals surface area contributed by atoms with Crippen LogP contribution in [0.1, 0.15) is 67.7 Å². The van der Waals surface area contributed by atoms with Crippen LogP contribution in [0.5, 0.6) is 0 Å². The number of hydrazone groups is 1. The SMILES string of the molecule is CCCCCCCC(=O)N/N=C\c1c(C)cc(C)cc1C. The third kappa shape index (κ3) is 6.56. The van der Waals surface area contributed by atoms with Crippen LogP contribution < -0.4 is 5.43 Å². The first-order chi connectivity index (χ1) is 10.0. The quantitative estimate of drug-likeness (QED) is 0.429. The third-order valence-corrected chi connectivity index (χ3v) is 3.63. The molecule has 1 aromatic rings. The second-order valence-corrected chi connectivity index (χ2v) is 5.77. The number of carbonyl (C=O) groups excluding carboxylic acids is 1. The maximum Gasteiger partial charge on any atom is 0.240 e. The van der Waals surface area contributed by atoms with E-state index in [1.54, 1.807) is 6.21 Å². The van der Waals surface area contributed by atoms with Crippen molar-refractivity contribution in [1.29, 1.82) is 0 Å². The van der Waals surface area contributed by atoms with Crippen molar-refractivity contribution in [2.75, 3.05) is 0 Å². The molecule has 1 N–H and O–H groups in total. The molecule has 3 nitrogen and oxygen atoms in total. The van der Waals surface area contributed by atoms with Gasteiger partial charge in [-0.25, -0.2) is 5.43 Å². The van der Waals surface area contributed by atoms with E-state index < -0.39 is 0 Å². The lowest BCUT2D eigenvalue weighted by molar-refractivity contribution is -0.121. The van der Waals surface area contributed by atoms with E-state index in [0.717, 1.165) is 18.4 Å². The third-order valence-electron chi connectivity index (χ3n) is 3.63. The molecule has 0 aliphatic carbocycles. The Morgan fingerprint density at radius 3 is 2.33 bits per heavy atom. The summed E-state index contributed by atoms with van der Waals surface area (Å²) in [6.45, 7) is 8.41. The summed E-state index contributed by atoms with van der Waals surface area (Å²) in [5.41, 5.74) is 7.33. The molecule has 0 atom stereocenters. The Bertz CT molecular complexity index is 469. The zero-order valence-electron chi connectivity index (χ0n) is 13.8. The highest BCUT2D eigenvalue weighted by Gasteiger charge is 2.02. The van der Waals surface area contributed by atoms with Crippen LogP contribution in [0.4, 0.5) is 0 Å². The van der Waals surface area contributed by atoms with Gasteiger partial charge in [-0.1, -0.05) is 50.3 Å². The van der Waals surface area contributed by atoms with Gasteiger partial charge in [0.1, 0.15) is 0 Å². The van der Waals surface area contributed by atoms with Crippen molar-refractivity contribution in [2.45, 2.75) is 66.2 Å². The molecule has 21 heavy (non-hydrogen) atoms. The second-order valence-electron chi connectivity index (χ2n) is 5.77. The minimum Gasteiger partial charge on any atom is -0.273 e. The Morgan fingerprint density at radius 1 is 1.10 bits per heavy atom. The fraction of sp³-hybridized carbons (Fsp3) is 0.556. The summed E-state index contributed by atoms with van der Waals surface area (Å²) >= 11 is 0. The highest BCUT2D eigenvalue weighted by Crippen LogP contribution is 2.14. The highest BCUT2D eigenvalue weighted by atomic mass is 16.2. The first kappa shape index (κ1) is 17.4. The van der Waals surface area contributed by atoms with Crippen molar-refractivity contribution in [1.82, 2.24) is 5.43 Å². The highest BCUT2D eigenvalue weighted by molar-refractivity contribution is 5.85. The van der Waals surface area contributed by atoms with Crippen molar-refractivity contribution < 1.29 is 4.79 Å². The van der Waals surface area contributed by atoms with Crippen LogP contribution in [-0.2, 0) is 4.79 Å². The summed E-state index contributed by atoms with van der Waals surface area (Å²) in [7, 11) is 0. The summed E-state index contributed by atoms with van der Waals surface area (Å²) in [5.74, 6) is 0.00478. The summed E-state index contributed by atoms with van der Waals surface area (Å²) in [6, 6.07) is 4.26. The summed E-state index contributed by atoms with van der Waals surface area (Å²) in [6.07, 6.45) is 8.09. The van der Waals surface area contributed by atoms with Crippen molar-refractivity contribution in [3.8, 4) is 0 Å². The molecule has 0 fully saturated rings. The number of benzene rings is 1. The summed E-state index contributed by atoms with van der Waals surface area (Å²) in [4.78, 5) is 11.7. The van der Waals surface area contributed by atoms with Crippen LogP contribution in [0.3, 0.4) is 0 Å². The van der Waals surface area contributed by atoms with Crippen molar-refractivity contribution >= 4 is 12.1 Å². The van der Waals surface area contributed by atoms with E-state index in [2.05, 4.69) is 50.4 Å². The fourth-order valence-corrected chi connectivity index (χ4v) is 2.51. The first-order valence-electron chi connectivity index (χ1n) is 7.94. The maximum atomic E-state index is 11.7. The molecule has 1 amide bonds. The number of aryl methyl sites for hydroxylation is 3. The number of hydrogen-bond donors (Lipinski definition) is 1. The predicted octanol–water partition coefficient (Wildman–Crippen LogP) is 4.42. The minimum atomic E-state index is 0.00478. The average molecular weight is 288 g/mol. The number of unbranched alkanes of at least 4 members (excludes halogenated alkanes) is 4. The van der Waals surface area contributed by atoms with E-state index in [0.29, 0.717) is 6.42 Å². The van der Waals surface area contributed by atoms with Gasteiger partial charge in [0, 0.05) is 12.0 Å². The monoisotopic (exact) mass is 288 g/mol. The molecule has 0 aromatic heterocycles. The van der Waals surface area contributed by atoms with E-state index in [-0.39, 0.29) is 5.91 Å². The Hall–Kier alpha value is -1.64. The lowest BCUT2D eigenvalue weighted by Gasteiger charge is -2.06. The van der Waals surface area contributed by atoms with Gasteiger partial charge in [-0.05, 0) is 38.3 Å². The van der Waals surface area contributed by atoms with Gasteiger partial charge in [-0.2, -0.15) is 5.10 Å². The van der Waals surface area contributed by atoms with Gasteiger partial charge in [0.15, 0.2) is 0 Å². The van der Waals surface area contributed by atoms with Crippen LogP contribution in [0.15, 0.2) is 17.2 Å². The average Bonchev–Trinajstić information content (AvgIpc) is 2.41. The Kier molecular flexibility index (Phi) is 7.73. The molecule has 0 radical (unpaired) electrons. The Balaban J connectivity index is 2.39. The van der Waals surface area contributed by atoms with E-state index in [4.69, 9.17) is 0 Å². The molecule has 0 bridgehead atoms. The Labute approximate surface area is 128 Å². The maximum absolute atomic E-state index is 11.7. The largest absolute Gasteiger partial charge is 0.273 e.